The number of carbonyl (C=O) groups is 1. The van der Waals surface area contributed by atoms with Gasteiger partial charge in [-0.05, 0) is 59.4 Å². The lowest BCUT2D eigenvalue weighted by atomic mass is 10.1. The van der Waals surface area contributed by atoms with E-state index >= 15 is 0 Å². The summed E-state index contributed by atoms with van der Waals surface area (Å²) in [5.41, 5.74) is 2.75. The van der Waals surface area contributed by atoms with E-state index < -0.39 is 0 Å². The second-order valence-corrected chi connectivity index (χ2v) is 6.27. The number of Topliss-reactive ketones (excluding diaryl/α,β-unsaturated/α-hetero) is 1. The van der Waals surface area contributed by atoms with E-state index in [1.807, 2.05) is 0 Å². The fourth-order valence-corrected chi connectivity index (χ4v) is 2.47. The van der Waals surface area contributed by atoms with Crippen molar-refractivity contribution in [2.45, 2.75) is 59.3 Å². The molecule has 4 nitrogen and oxygen atoms in total. The highest BCUT2D eigenvalue weighted by molar-refractivity contribution is 5.75. The quantitative estimate of drug-likeness (QED) is 0.482. The first-order chi connectivity index (χ1) is 11.0. The average molecular weight is 325 g/mol. The van der Waals surface area contributed by atoms with Crippen LogP contribution in [0.1, 0.15) is 59.3 Å². The van der Waals surface area contributed by atoms with Gasteiger partial charge in [0.15, 0.2) is 0 Å². The molecule has 0 heterocycles. The molecule has 2 N–H and O–H groups in total. The van der Waals surface area contributed by atoms with Gasteiger partial charge >= 0.3 is 0 Å². The molecule has 0 aromatic rings. The molecule has 0 aromatic heterocycles. The van der Waals surface area contributed by atoms with Crippen LogP contribution in [0.3, 0.4) is 0 Å². The first kappa shape index (κ1) is 22.0. The molecule has 0 saturated carbocycles. The zero-order valence-electron chi connectivity index (χ0n) is 15.2. The largest absolute Gasteiger partial charge is 0.395 e. The van der Waals surface area contributed by atoms with E-state index in [-0.39, 0.29) is 19.0 Å². The number of allylic oxidation sites excluding steroid dienone is 4. The van der Waals surface area contributed by atoms with Gasteiger partial charge < -0.3 is 15.0 Å². The Bertz CT molecular complexity index is 369. The van der Waals surface area contributed by atoms with E-state index in [1.54, 1.807) is 6.92 Å². The lowest BCUT2D eigenvalue weighted by molar-refractivity contribution is -0.116. The van der Waals surface area contributed by atoms with E-state index in [1.165, 1.54) is 11.1 Å². The molecule has 23 heavy (non-hydrogen) atoms. The van der Waals surface area contributed by atoms with Gasteiger partial charge in [0.1, 0.15) is 5.78 Å². The number of aliphatic hydroxyl groups excluding tert-OH is 2. The SMILES string of the molecule is CC(=O)CC/C=C(/C)CC/C=C(/C)CCCN(CCO)CCO. The van der Waals surface area contributed by atoms with E-state index in [4.69, 9.17) is 10.2 Å². The Labute approximate surface area is 141 Å². The number of carbonyl (C=O) groups excluding carboxylic acids is 1. The second-order valence-electron chi connectivity index (χ2n) is 6.27. The third kappa shape index (κ3) is 14.4. The van der Waals surface area contributed by atoms with Crippen molar-refractivity contribution in [3.05, 3.63) is 23.3 Å². The molecule has 0 aromatic carbocycles. The Morgan fingerprint density at radius 3 is 1.87 bits per heavy atom. The molecular formula is C19H35NO3. The Morgan fingerprint density at radius 1 is 0.826 bits per heavy atom. The van der Waals surface area contributed by atoms with Crippen LogP contribution in [-0.2, 0) is 4.79 Å². The van der Waals surface area contributed by atoms with Crippen molar-refractivity contribution in [3.8, 4) is 0 Å². The first-order valence-corrected chi connectivity index (χ1v) is 8.74. The van der Waals surface area contributed by atoms with Crippen molar-refractivity contribution in [3.63, 3.8) is 0 Å². The molecule has 0 aliphatic heterocycles. The summed E-state index contributed by atoms with van der Waals surface area (Å²) in [7, 11) is 0. The third-order valence-electron chi connectivity index (χ3n) is 3.90. The summed E-state index contributed by atoms with van der Waals surface area (Å²) in [5.74, 6) is 0.251. The minimum absolute atomic E-state index is 0.143. The molecule has 0 radical (unpaired) electrons. The molecule has 0 saturated heterocycles. The Balaban J connectivity index is 3.91. The van der Waals surface area contributed by atoms with Gasteiger partial charge in [-0.25, -0.2) is 0 Å². The molecule has 0 atom stereocenters. The molecule has 0 spiro atoms. The number of nitrogens with zero attached hydrogens (tertiary/aromatic N) is 1. The first-order valence-electron chi connectivity index (χ1n) is 8.74. The van der Waals surface area contributed by atoms with E-state index in [9.17, 15) is 4.79 Å². The van der Waals surface area contributed by atoms with Crippen LogP contribution in [0.4, 0.5) is 0 Å². The number of hydrogen-bond donors (Lipinski definition) is 2. The van der Waals surface area contributed by atoms with Crippen LogP contribution >= 0.6 is 0 Å². The number of aliphatic hydroxyl groups is 2. The Morgan fingerprint density at radius 2 is 1.35 bits per heavy atom. The van der Waals surface area contributed by atoms with Gasteiger partial charge in [0.05, 0.1) is 13.2 Å². The van der Waals surface area contributed by atoms with Crippen molar-refractivity contribution in [1.29, 1.82) is 0 Å². The summed E-state index contributed by atoms with van der Waals surface area (Å²) >= 11 is 0. The number of rotatable bonds is 14. The van der Waals surface area contributed by atoms with Crippen LogP contribution in [-0.4, -0.2) is 53.7 Å². The van der Waals surface area contributed by atoms with Crippen molar-refractivity contribution in [2.24, 2.45) is 0 Å². The number of ketones is 1. The molecule has 0 amide bonds. The zero-order chi connectivity index (χ0) is 17.5. The molecule has 0 rings (SSSR count). The topological polar surface area (TPSA) is 60.8 Å². The van der Waals surface area contributed by atoms with E-state index in [2.05, 4.69) is 30.9 Å². The van der Waals surface area contributed by atoms with E-state index in [0.29, 0.717) is 19.5 Å². The van der Waals surface area contributed by atoms with Crippen molar-refractivity contribution < 1.29 is 15.0 Å². The van der Waals surface area contributed by atoms with E-state index in [0.717, 1.165) is 38.6 Å². The predicted molar refractivity (Wildman–Crippen MR) is 96.5 cm³/mol. The second kappa shape index (κ2) is 14.6. The van der Waals surface area contributed by atoms with Gasteiger partial charge in [-0.15, -0.1) is 0 Å². The fraction of sp³-hybridized carbons (Fsp3) is 0.737. The zero-order valence-corrected chi connectivity index (χ0v) is 15.2. The lowest BCUT2D eigenvalue weighted by Crippen LogP contribution is -2.30. The molecular weight excluding hydrogens is 290 g/mol. The Hall–Kier alpha value is -0.970. The summed E-state index contributed by atoms with van der Waals surface area (Å²) < 4.78 is 0. The lowest BCUT2D eigenvalue weighted by Gasteiger charge is -2.19. The normalized spacial score (nSPS) is 13.0. The van der Waals surface area contributed by atoms with Crippen LogP contribution in [0.5, 0.6) is 0 Å². The number of hydrogen-bond acceptors (Lipinski definition) is 4. The standard InChI is InChI=1S/C19H35NO3/c1-17(9-5-11-19(3)23)7-4-8-18(2)10-6-12-20(13-15-21)14-16-22/h8-9,21-22H,4-7,10-16H2,1-3H3/b17-9-,18-8-. The molecule has 134 valence electrons. The highest BCUT2D eigenvalue weighted by Crippen LogP contribution is 2.11. The van der Waals surface area contributed by atoms with Crippen molar-refractivity contribution in [2.75, 3.05) is 32.8 Å². The van der Waals surface area contributed by atoms with Gasteiger partial charge in [0.2, 0.25) is 0 Å². The fourth-order valence-electron chi connectivity index (χ4n) is 2.47. The average Bonchev–Trinajstić information content (AvgIpc) is 2.47. The maximum Gasteiger partial charge on any atom is 0.130 e. The summed E-state index contributed by atoms with van der Waals surface area (Å²) in [6.45, 7) is 8.39. The van der Waals surface area contributed by atoms with Gasteiger partial charge in [-0.1, -0.05) is 23.3 Å². The van der Waals surface area contributed by atoms with Crippen LogP contribution in [0.15, 0.2) is 23.3 Å². The van der Waals surface area contributed by atoms with Crippen molar-refractivity contribution in [1.82, 2.24) is 4.90 Å². The molecule has 4 heteroatoms. The van der Waals surface area contributed by atoms with Crippen LogP contribution in [0.25, 0.3) is 0 Å². The maximum absolute atomic E-state index is 10.9. The molecule has 0 aliphatic rings. The molecule has 0 fully saturated rings. The highest BCUT2D eigenvalue weighted by Gasteiger charge is 2.03. The maximum atomic E-state index is 10.9. The Kier molecular flexibility index (Phi) is 14.0. The molecule has 0 bridgehead atoms. The predicted octanol–water partition coefficient (Wildman–Crippen LogP) is 3.10. The summed E-state index contributed by atoms with van der Waals surface area (Å²) in [6.07, 6.45) is 10.2. The minimum atomic E-state index is 0.143. The summed E-state index contributed by atoms with van der Waals surface area (Å²) in [4.78, 5) is 13.0. The highest BCUT2D eigenvalue weighted by atomic mass is 16.3. The van der Waals surface area contributed by atoms with Crippen LogP contribution < -0.4 is 0 Å². The van der Waals surface area contributed by atoms with Crippen molar-refractivity contribution >= 4 is 5.78 Å². The molecule has 0 unspecified atom stereocenters. The monoisotopic (exact) mass is 325 g/mol. The third-order valence-corrected chi connectivity index (χ3v) is 3.90. The smallest absolute Gasteiger partial charge is 0.130 e. The summed E-state index contributed by atoms with van der Waals surface area (Å²) in [5, 5.41) is 17.9. The molecule has 0 aliphatic carbocycles. The minimum Gasteiger partial charge on any atom is -0.395 e. The summed E-state index contributed by atoms with van der Waals surface area (Å²) in [6, 6.07) is 0. The van der Waals surface area contributed by atoms with Gasteiger partial charge in [0.25, 0.3) is 0 Å². The van der Waals surface area contributed by atoms with Gasteiger partial charge in [0, 0.05) is 19.5 Å². The van der Waals surface area contributed by atoms with Crippen LogP contribution in [0, 0.1) is 0 Å². The van der Waals surface area contributed by atoms with Crippen LogP contribution in [0.2, 0.25) is 0 Å². The van der Waals surface area contributed by atoms with Gasteiger partial charge in [-0.2, -0.15) is 0 Å². The van der Waals surface area contributed by atoms with Gasteiger partial charge in [-0.3, -0.25) is 4.90 Å².